The molecule has 1 heterocycles. The summed E-state index contributed by atoms with van der Waals surface area (Å²) in [6.45, 7) is 0. The van der Waals surface area contributed by atoms with E-state index in [1.807, 2.05) is 22.6 Å². The molecule has 0 fully saturated rings. The zero-order valence-corrected chi connectivity index (χ0v) is 12.1. The van der Waals surface area contributed by atoms with Gasteiger partial charge >= 0.3 is 0 Å². The molecule has 1 aromatic heterocycles. The first-order valence-corrected chi connectivity index (χ1v) is 6.53. The Bertz CT molecular complexity index is 604. The monoisotopic (exact) mass is 373 g/mol. The Morgan fingerprint density at radius 3 is 2.89 bits per heavy atom. The maximum atomic E-state index is 13.4. The molecule has 1 aromatic carbocycles. The molecule has 0 radical (unpaired) electrons. The second kappa shape index (κ2) is 5.57. The second-order valence-corrected chi connectivity index (χ2v) is 5.04. The van der Waals surface area contributed by atoms with E-state index in [1.165, 1.54) is 6.07 Å². The molecular formula is C12H9FIN3S. The van der Waals surface area contributed by atoms with Crippen LogP contribution in [0, 0.1) is 9.39 Å². The van der Waals surface area contributed by atoms with Gasteiger partial charge in [0, 0.05) is 11.8 Å². The SMILES string of the molecule is NC(=S)c1ccnc(Nc2cccc(F)c2I)c1. The summed E-state index contributed by atoms with van der Waals surface area (Å²) in [5.74, 6) is 0.301. The zero-order valence-electron chi connectivity index (χ0n) is 9.15. The third-order valence-corrected chi connectivity index (χ3v) is 3.59. The first-order valence-electron chi connectivity index (χ1n) is 5.05. The largest absolute Gasteiger partial charge is 0.389 e. The van der Waals surface area contributed by atoms with Crippen molar-refractivity contribution in [2.24, 2.45) is 5.73 Å². The quantitative estimate of drug-likeness (QED) is 0.641. The minimum atomic E-state index is -0.272. The lowest BCUT2D eigenvalue weighted by Crippen LogP contribution is -2.10. The summed E-state index contributed by atoms with van der Waals surface area (Å²) in [5.41, 5.74) is 6.92. The van der Waals surface area contributed by atoms with Crippen molar-refractivity contribution in [1.29, 1.82) is 0 Å². The van der Waals surface area contributed by atoms with Crippen LogP contribution < -0.4 is 11.1 Å². The van der Waals surface area contributed by atoms with Gasteiger partial charge in [-0.3, -0.25) is 0 Å². The van der Waals surface area contributed by atoms with Gasteiger partial charge in [0.25, 0.3) is 0 Å². The van der Waals surface area contributed by atoms with Gasteiger partial charge in [-0.05, 0) is 46.9 Å². The molecule has 3 nitrogen and oxygen atoms in total. The Hall–Kier alpha value is -1.28. The average Bonchev–Trinajstić information content (AvgIpc) is 2.35. The fourth-order valence-electron chi connectivity index (χ4n) is 1.39. The molecule has 2 aromatic rings. The Balaban J connectivity index is 2.31. The van der Waals surface area contributed by atoms with Crippen LogP contribution in [0.2, 0.25) is 0 Å². The third-order valence-electron chi connectivity index (χ3n) is 2.26. The van der Waals surface area contributed by atoms with Crippen LogP contribution in [-0.4, -0.2) is 9.97 Å². The van der Waals surface area contributed by atoms with Gasteiger partial charge in [0.15, 0.2) is 0 Å². The minimum absolute atomic E-state index is 0.272. The van der Waals surface area contributed by atoms with E-state index in [9.17, 15) is 4.39 Å². The molecule has 0 aliphatic rings. The van der Waals surface area contributed by atoms with Crippen LogP contribution in [0.1, 0.15) is 5.56 Å². The Kier molecular flexibility index (Phi) is 4.07. The highest BCUT2D eigenvalue weighted by atomic mass is 127. The van der Waals surface area contributed by atoms with Crippen molar-refractivity contribution in [1.82, 2.24) is 4.98 Å². The van der Waals surface area contributed by atoms with Crippen molar-refractivity contribution in [3.05, 3.63) is 51.5 Å². The standard InChI is InChI=1S/C12H9FIN3S/c13-8-2-1-3-9(11(8)14)17-10-6-7(12(15)18)4-5-16-10/h1-6H,(H2,15,18)(H,16,17). The zero-order chi connectivity index (χ0) is 13.1. The van der Waals surface area contributed by atoms with Crippen LogP contribution in [-0.2, 0) is 0 Å². The van der Waals surface area contributed by atoms with Gasteiger partial charge in [0.05, 0.1) is 9.26 Å². The van der Waals surface area contributed by atoms with E-state index in [0.29, 0.717) is 25.6 Å². The molecule has 0 amide bonds. The molecule has 6 heteroatoms. The van der Waals surface area contributed by atoms with E-state index >= 15 is 0 Å². The summed E-state index contributed by atoms with van der Waals surface area (Å²) >= 11 is 6.83. The minimum Gasteiger partial charge on any atom is -0.389 e. The number of nitrogens with two attached hydrogens (primary N) is 1. The average molecular weight is 373 g/mol. The van der Waals surface area contributed by atoms with E-state index in [0.717, 1.165) is 0 Å². The number of rotatable bonds is 3. The first-order chi connectivity index (χ1) is 8.58. The van der Waals surface area contributed by atoms with E-state index in [2.05, 4.69) is 10.3 Å². The van der Waals surface area contributed by atoms with E-state index in [4.69, 9.17) is 18.0 Å². The fraction of sp³-hybridized carbons (Fsp3) is 0. The van der Waals surface area contributed by atoms with Crippen molar-refractivity contribution in [3.8, 4) is 0 Å². The normalized spacial score (nSPS) is 10.1. The number of nitrogens with zero attached hydrogens (tertiary/aromatic N) is 1. The smallest absolute Gasteiger partial charge is 0.138 e. The number of thiocarbonyl (C=S) groups is 1. The maximum Gasteiger partial charge on any atom is 0.138 e. The van der Waals surface area contributed by atoms with Crippen LogP contribution in [0.5, 0.6) is 0 Å². The molecule has 0 unspecified atom stereocenters. The molecule has 0 aliphatic heterocycles. The van der Waals surface area contributed by atoms with Crippen molar-refractivity contribution in [2.75, 3.05) is 5.32 Å². The summed E-state index contributed by atoms with van der Waals surface area (Å²) < 4.78 is 13.9. The van der Waals surface area contributed by atoms with E-state index < -0.39 is 0 Å². The number of aromatic nitrogens is 1. The van der Waals surface area contributed by atoms with Gasteiger partial charge in [0.1, 0.15) is 16.6 Å². The lowest BCUT2D eigenvalue weighted by atomic mass is 10.2. The lowest BCUT2D eigenvalue weighted by molar-refractivity contribution is 0.621. The summed E-state index contributed by atoms with van der Waals surface area (Å²) in [6, 6.07) is 8.27. The summed E-state index contributed by atoms with van der Waals surface area (Å²) in [7, 11) is 0. The van der Waals surface area contributed by atoms with Crippen LogP contribution in [0.25, 0.3) is 0 Å². The molecule has 0 bridgehead atoms. The highest BCUT2D eigenvalue weighted by Crippen LogP contribution is 2.24. The van der Waals surface area contributed by atoms with Crippen LogP contribution in [0.4, 0.5) is 15.9 Å². The maximum absolute atomic E-state index is 13.4. The van der Waals surface area contributed by atoms with Gasteiger partial charge < -0.3 is 11.1 Å². The third kappa shape index (κ3) is 2.94. The summed E-state index contributed by atoms with van der Waals surface area (Å²) in [6.07, 6.45) is 1.60. The van der Waals surface area contributed by atoms with E-state index in [1.54, 1.807) is 30.5 Å². The molecule has 0 aliphatic carbocycles. The molecule has 18 heavy (non-hydrogen) atoms. The van der Waals surface area contributed by atoms with Crippen molar-refractivity contribution >= 4 is 51.3 Å². The van der Waals surface area contributed by atoms with Gasteiger partial charge in [0.2, 0.25) is 0 Å². The Morgan fingerprint density at radius 2 is 2.17 bits per heavy atom. The lowest BCUT2D eigenvalue weighted by Gasteiger charge is -2.09. The molecule has 0 saturated carbocycles. The van der Waals surface area contributed by atoms with Crippen LogP contribution in [0.3, 0.4) is 0 Å². The number of benzene rings is 1. The molecule has 3 N–H and O–H groups in total. The van der Waals surface area contributed by atoms with Crippen LogP contribution in [0.15, 0.2) is 36.5 Å². The summed E-state index contributed by atoms with van der Waals surface area (Å²) in [5, 5.41) is 3.03. The fourth-order valence-corrected chi connectivity index (χ4v) is 2.01. The number of hydrogen-bond acceptors (Lipinski definition) is 3. The molecule has 0 saturated heterocycles. The van der Waals surface area contributed by atoms with Crippen molar-refractivity contribution < 1.29 is 4.39 Å². The Morgan fingerprint density at radius 1 is 1.39 bits per heavy atom. The molecule has 92 valence electrons. The van der Waals surface area contributed by atoms with Gasteiger partial charge in [-0.25, -0.2) is 9.37 Å². The van der Waals surface area contributed by atoms with Crippen molar-refractivity contribution in [3.63, 3.8) is 0 Å². The predicted octanol–water partition coefficient (Wildman–Crippen LogP) is 3.20. The topological polar surface area (TPSA) is 50.9 Å². The number of pyridine rings is 1. The van der Waals surface area contributed by atoms with Crippen LogP contribution >= 0.6 is 34.8 Å². The number of hydrogen-bond donors (Lipinski definition) is 2. The van der Waals surface area contributed by atoms with Crippen molar-refractivity contribution in [2.45, 2.75) is 0 Å². The van der Waals surface area contributed by atoms with E-state index in [-0.39, 0.29) is 5.82 Å². The first kappa shape index (κ1) is 13.2. The van der Waals surface area contributed by atoms with Gasteiger partial charge in [-0.1, -0.05) is 18.3 Å². The number of halogens is 2. The number of anilines is 2. The molecule has 0 atom stereocenters. The molecule has 0 spiro atoms. The summed E-state index contributed by atoms with van der Waals surface area (Å²) in [4.78, 5) is 4.44. The van der Waals surface area contributed by atoms with Gasteiger partial charge in [-0.2, -0.15) is 0 Å². The predicted molar refractivity (Wildman–Crippen MR) is 82.5 cm³/mol. The Labute approximate surface area is 123 Å². The molecular weight excluding hydrogens is 364 g/mol. The second-order valence-electron chi connectivity index (χ2n) is 3.52. The van der Waals surface area contributed by atoms with Gasteiger partial charge in [-0.15, -0.1) is 0 Å². The molecule has 2 rings (SSSR count). The number of nitrogens with one attached hydrogen (secondary N) is 1. The highest BCUT2D eigenvalue weighted by Gasteiger charge is 2.06. The highest BCUT2D eigenvalue weighted by molar-refractivity contribution is 14.1.